The van der Waals surface area contributed by atoms with Crippen LogP contribution >= 0.6 is 0 Å². The molecule has 2 aromatic heterocycles. The number of benzene rings is 1. The van der Waals surface area contributed by atoms with Gasteiger partial charge in [-0.1, -0.05) is 11.2 Å². The van der Waals surface area contributed by atoms with Crippen LogP contribution < -0.4 is 14.2 Å². The molecule has 0 saturated heterocycles. The highest BCUT2D eigenvalue weighted by molar-refractivity contribution is 7.89. The first kappa shape index (κ1) is 20.0. The molecule has 1 N–H and O–H groups in total. The molecule has 0 aliphatic carbocycles. The summed E-state index contributed by atoms with van der Waals surface area (Å²) in [4.78, 5) is 0. The number of aryl methyl sites for hydroxylation is 1. The average molecular weight is 406 g/mol. The van der Waals surface area contributed by atoms with E-state index in [0.717, 1.165) is 16.8 Å². The monoisotopic (exact) mass is 406 g/mol. The molecule has 0 saturated carbocycles. The highest BCUT2D eigenvalue weighted by Gasteiger charge is 2.21. The second kappa shape index (κ2) is 8.07. The molecule has 2 heterocycles. The van der Waals surface area contributed by atoms with Crippen molar-refractivity contribution < 1.29 is 26.8 Å². The van der Waals surface area contributed by atoms with E-state index in [4.69, 9.17) is 18.4 Å². The fourth-order valence-electron chi connectivity index (χ4n) is 2.67. The Morgan fingerprint density at radius 2 is 1.82 bits per heavy atom. The number of aromatic nitrogens is 1. The summed E-state index contributed by atoms with van der Waals surface area (Å²) >= 11 is 0. The van der Waals surface area contributed by atoms with E-state index in [1.165, 1.54) is 6.07 Å². The smallest absolute Gasteiger partial charge is 0.273 e. The Morgan fingerprint density at radius 1 is 1.07 bits per heavy atom. The fourth-order valence-corrected chi connectivity index (χ4v) is 3.63. The normalized spacial score (nSPS) is 11.6. The highest BCUT2D eigenvalue weighted by Crippen LogP contribution is 2.29. The van der Waals surface area contributed by atoms with E-state index in [1.54, 1.807) is 33.3 Å². The second-order valence-electron chi connectivity index (χ2n) is 6.18. The fraction of sp³-hybridized carbons (Fsp3) is 0.316. The number of hydrogen-bond donors (Lipinski definition) is 1. The van der Waals surface area contributed by atoms with Gasteiger partial charge in [-0.2, -0.15) is 0 Å². The zero-order chi connectivity index (χ0) is 20.3. The predicted octanol–water partition coefficient (Wildman–Crippen LogP) is 3.09. The minimum absolute atomic E-state index is 0.178. The topological polar surface area (TPSA) is 104 Å². The third-order valence-electron chi connectivity index (χ3n) is 4.38. The van der Waals surface area contributed by atoms with E-state index in [1.807, 2.05) is 19.1 Å². The van der Waals surface area contributed by atoms with Gasteiger partial charge >= 0.3 is 0 Å². The molecule has 8 nitrogen and oxygen atoms in total. The third kappa shape index (κ3) is 4.05. The summed E-state index contributed by atoms with van der Waals surface area (Å²) in [6.07, 6.45) is 0.480. The molecule has 0 unspecified atom stereocenters. The first-order valence-electron chi connectivity index (χ1n) is 8.59. The Bertz CT molecular complexity index is 1070. The van der Waals surface area contributed by atoms with Gasteiger partial charge in [0.2, 0.25) is 10.9 Å². The molecule has 0 atom stereocenters. The molecule has 0 bridgehead atoms. The molecule has 0 aliphatic rings. The van der Waals surface area contributed by atoms with E-state index in [-0.39, 0.29) is 11.6 Å². The van der Waals surface area contributed by atoms with Gasteiger partial charge < -0.3 is 18.4 Å². The Balaban J connectivity index is 1.67. The molecule has 0 radical (unpaired) electrons. The van der Waals surface area contributed by atoms with Crippen molar-refractivity contribution in [2.75, 3.05) is 20.8 Å². The van der Waals surface area contributed by atoms with Crippen LogP contribution in [0.2, 0.25) is 0 Å². The van der Waals surface area contributed by atoms with Gasteiger partial charge in [0.05, 0.1) is 19.9 Å². The summed E-state index contributed by atoms with van der Waals surface area (Å²) in [5.41, 5.74) is 2.44. The third-order valence-corrected chi connectivity index (χ3v) is 5.71. The molecule has 0 fully saturated rings. The summed E-state index contributed by atoms with van der Waals surface area (Å²) in [5.74, 6) is 1.95. The van der Waals surface area contributed by atoms with Crippen molar-refractivity contribution in [3.05, 3.63) is 47.2 Å². The van der Waals surface area contributed by atoms with Crippen molar-refractivity contribution >= 4 is 10.0 Å². The number of hydrogen-bond acceptors (Lipinski definition) is 7. The zero-order valence-electron chi connectivity index (χ0n) is 16.1. The molecule has 0 aliphatic heterocycles. The maximum absolute atomic E-state index is 12.5. The number of methoxy groups -OCH3 is 2. The standard InChI is InChI=1S/C19H22N2O6S/c1-12-13(2)21-27-19(12)16-7-8-18(26-16)28(22,23)20-10-9-14-5-6-15(24-3)17(11-14)25-4/h5-8,11,20H,9-10H2,1-4H3. The van der Waals surface area contributed by atoms with Crippen molar-refractivity contribution in [1.82, 2.24) is 9.88 Å². The minimum atomic E-state index is -3.79. The van der Waals surface area contributed by atoms with Crippen LogP contribution in [0.25, 0.3) is 11.5 Å². The lowest BCUT2D eigenvalue weighted by Gasteiger charge is -2.10. The van der Waals surface area contributed by atoms with E-state index in [0.29, 0.717) is 29.4 Å². The molecular weight excluding hydrogens is 384 g/mol. The molecule has 9 heteroatoms. The Hall–Kier alpha value is -2.78. The molecular formula is C19H22N2O6S. The van der Waals surface area contributed by atoms with Crippen LogP contribution in [-0.4, -0.2) is 34.3 Å². The first-order chi connectivity index (χ1) is 13.4. The molecule has 1 aromatic carbocycles. The summed E-state index contributed by atoms with van der Waals surface area (Å²) in [6.45, 7) is 3.84. The van der Waals surface area contributed by atoms with Gasteiger partial charge in [-0.25, -0.2) is 13.1 Å². The van der Waals surface area contributed by atoms with Gasteiger partial charge in [-0.15, -0.1) is 0 Å². The van der Waals surface area contributed by atoms with Crippen LogP contribution in [0.4, 0.5) is 0 Å². The summed E-state index contributed by atoms with van der Waals surface area (Å²) in [7, 11) is -0.674. The van der Waals surface area contributed by atoms with Crippen LogP contribution in [0, 0.1) is 13.8 Å². The maximum atomic E-state index is 12.5. The van der Waals surface area contributed by atoms with Crippen molar-refractivity contribution in [1.29, 1.82) is 0 Å². The second-order valence-corrected chi connectivity index (χ2v) is 7.88. The lowest BCUT2D eigenvalue weighted by atomic mass is 10.1. The van der Waals surface area contributed by atoms with Gasteiger partial charge in [0.15, 0.2) is 17.3 Å². The number of nitrogens with one attached hydrogen (secondary N) is 1. The van der Waals surface area contributed by atoms with Crippen molar-refractivity contribution in [2.24, 2.45) is 0 Å². The zero-order valence-corrected chi connectivity index (χ0v) is 16.9. The van der Waals surface area contributed by atoms with Crippen LogP contribution in [-0.2, 0) is 16.4 Å². The SMILES string of the molecule is COc1ccc(CCNS(=O)(=O)c2ccc(-c3onc(C)c3C)o2)cc1OC. The molecule has 28 heavy (non-hydrogen) atoms. The molecule has 0 spiro atoms. The average Bonchev–Trinajstić information content (AvgIpc) is 3.29. The summed E-state index contributed by atoms with van der Waals surface area (Å²) < 4.78 is 48.6. The van der Waals surface area contributed by atoms with Gasteiger partial charge in [-0.3, -0.25) is 0 Å². The molecule has 3 aromatic rings. The molecule has 0 amide bonds. The van der Waals surface area contributed by atoms with Crippen molar-refractivity contribution in [3.63, 3.8) is 0 Å². The first-order valence-corrected chi connectivity index (χ1v) is 10.1. The quantitative estimate of drug-likeness (QED) is 0.613. The lowest BCUT2D eigenvalue weighted by molar-refractivity contribution is 0.354. The van der Waals surface area contributed by atoms with Crippen molar-refractivity contribution in [2.45, 2.75) is 25.4 Å². The molecule has 150 valence electrons. The summed E-state index contributed by atoms with van der Waals surface area (Å²) in [5, 5.41) is 3.68. The Morgan fingerprint density at radius 3 is 2.46 bits per heavy atom. The van der Waals surface area contributed by atoms with Gasteiger partial charge in [-0.05, 0) is 50.1 Å². The van der Waals surface area contributed by atoms with Crippen LogP contribution in [0.5, 0.6) is 11.5 Å². The number of rotatable bonds is 8. The van der Waals surface area contributed by atoms with E-state index in [9.17, 15) is 8.42 Å². The minimum Gasteiger partial charge on any atom is -0.493 e. The predicted molar refractivity (Wildman–Crippen MR) is 102 cm³/mol. The van der Waals surface area contributed by atoms with E-state index in [2.05, 4.69) is 9.88 Å². The Kier molecular flexibility index (Phi) is 5.76. The van der Waals surface area contributed by atoms with Crippen molar-refractivity contribution in [3.8, 4) is 23.0 Å². The van der Waals surface area contributed by atoms with Gasteiger partial charge in [0.25, 0.3) is 10.0 Å². The number of nitrogens with zero attached hydrogens (tertiary/aromatic N) is 1. The lowest BCUT2D eigenvalue weighted by Crippen LogP contribution is -2.25. The van der Waals surface area contributed by atoms with Crippen LogP contribution in [0.1, 0.15) is 16.8 Å². The Labute approximate surface area is 163 Å². The largest absolute Gasteiger partial charge is 0.493 e. The van der Waals surface area contributed by atoms with Gasteiger partial charge in [0.1, 0.15) is 0 Å². The van der Waals surface area contributed by atoms with E-state index >= 15 is 0 Å². The number of furan rings is 1. The maximum Gasteiger partial charge on any atom is 0.273 e. The molecule has 3 rings (SSSR count). The highest BCUT2D eigenvalue weighted by atomic mass is 32.2. The van der Waals surface area contributed by atoms with Gasteiger partial charge in [0, 0.05) is 12.1 Å². The van der Waals surface area contributed by atoms with Crippen LogP contribution in [0.3, 0.4) is 0 Å². The van der Waals surface area contributed by atoms with E-state index < -0.39 is 10.0 Å². The van der Waals surface area contributed by atoms with Crippen LogP contribution in [0.15, 0.2) is 44.4 Å². The number of sulfonamides is 1. The summed E-state index contributed by atoms with van der Waals surface area (Å²) in [6, 6.07) is 8.40. The number of ether oxygens (including phenoxy) is 2.